The Balaban J connectivity index is 1.82. The average molecular weight is 510 g/mol. The van der Waals surface area contributed by atoms with Crippen LogP contribution in [-0.4, -0.2) is 24.7 Å². The number of benzene rings is 2. The van der Waals surface area contributed by atoms with Crippen molar-refractivity contribution in [3.05, 3.63) is 70.6 Å². The monoisotopic (exact) mass is 509 g/mol. The molecule has 190 valence electrons. The maximum atomic E-state index is 13.4. The van der Waals surface area contributed by atoms with Gasteiger partial charge in [0.25, 0.3) is 5.91 Å². The lowest BCUT2D eigenvalue weighted by Crippen LogP contribution is -2.45. The number of para-hydroxylation sites is 1. The van der Waals surface area contributed by atoms with Gasteiger partial charge in [0.1, 0.15) is 6.04 Å². The maximum Gasteiger partial charge on any atom is 0.409 e. The lowest BCUT2D eigenvalue weighted by atomic mass is 9.81. The van der Waals surface area contributed by atoms with Gasteiger partial charge in [-0.1, -0.05) is 77.4 Å². The molecule has 0 aromatic heterocycles. The average Bonchev–Trinajstić information content (AvgIpc) is 3.15. The quantitative estimate of drug-likeness (QED) is 0.471. The van der Waals surface area contributed by atoms with Crippen LogP contribution in [0.3, 0.4) is 0 Å². The van der Waals surface area contributed by atoms with E-state index >= 15 is 0 Å². The third-order valence-corrected chi connectivity index (χ3v) is 5.88. The first-order valence-electron chi connectivity index (χ1n) is 11.2. The summed E-state index contributed by atoms with van der Waals surface area (Å²) in [6.45, 7) is 11.9. The molecule has 1 unspecified atom stereocenters. The van der Waals surface area contributed by atoms with Gasteiger partial charge in [0.05, 0.1) is 10.7 Å². The lowest BCUT2D eigenvalue weighted by Gasteiger charge is -2.27. The molecular weight excluding hydrogens is 479 g/mol. The van der Waals surface area contributed by atoms with Gasteiger partial charge in [-0.3, -0.25) is 4.79 Å². The molecule has 1 heterocycles. The minimum absolute atomic E-state index is 0.130. The topological polar surface area (TPSA) is 53.6 Å². The van der Waals surface area contributed by atoms with Gasteiger partial charge in [0.2, 0.25) is 5.88 Å². The number of hydrazine groups is 1. The third-order valence-electron chi connectivity index (χ3n) is 5.56. The molecule has 1 atom stereocenters. The van der Waals surface area contributed by atoms with Crippen LogP contribution >= 0.6 is 11.6 Å². The number of carbonyl (C=O) groups excluding carboxylic acids is 1. The Hall–Kier alpha value is -2.71. The van der Waals surface area contributed by atoms with Gasteiger partial charge < -0.3 is 10.1 Å². The fourth-order valence-electron chi connectivity index (χ4n) is 3.65. The Morgan fingerprint density at radius 3 is 2.29 bits per heavy atom. The van der Waals surface area contributed by atoms with E-state index in [0.717, 1.165) is 22.2 Å². The Kier molecular flexibility index (Phi) is 7.48. The molecule has 0 aliphatic carbocycles. The fourth-order valence-corrected chi connectivity index (χ4v) is 3.87. The van der Waals surface area contributed by atoms with Crippen molar-refractivity contribution in [1.29, 1.82) is 0 Å². The van der Waals surface area contributed by atoms with Crippen molar-refractivity contribution in [1.82, 2.24) is 5.43 Å². The van der Waals surface area contributed by atoms with Gasteiger partial charge in [-0.2, -0.15) is 13.2 Å². The summed E-state index contributed by atoms with van der Waals surface area (Å²) in [5, 5.41) is 4.22. The fraction of sp³-hybridized carbons (Fsp3) is 0.423. The minimum atomic E-state index is -4.55. The van der Waals surface area contributed by atoms with Crippen molar-refractivity contribution in [2.45, 2.75) is 64.6 Å². The summed E-state index contributed by atoms with van der Waals surface area (Å²) >= 11 is 6.19. The number of anilines is 2. The molecule has 1 amide bonds. The van der Waals surface area contributed by atoms with Gasteiger partial charge >= 0.3 is 6.18 Å². The molecule has 35 heavy (non-hydrogen) atoms. The van der Waals surface area contributed by atoms with Crippen LogP contribution in [0.4, 0.5) is 24.5 Å². The molecule has 2 aromatic rings. The van der Waals surface area contributed by atoms with Crippen LogP contribution in [0, 0.1) is 0 Å². The molecule has 2 aromatic carbocycles. The van der Waals surface area contributed by atoms with Crippen LogP contribution in [-0.2, 0) is 20.4 Å². The standard InChI is InChI=1S/C26H31ClF3N3O2/c1-24(2,3)16-11-12-17(25(4,5)6)19(13-16)31-22(34)15-35-23-14-21(26(28,29)30)32-33(23)20-10-8-7-9-18(20)27/h7-14,21,32H,15H2,1-6H3,(H,31,34). The molecule has 1 aliphatic heterocycles. The number of hydrogen-bond donors (Lipinski definition) is 2. The Morgan fingerprint density at radius 2 is 1.71 bits per heavy atom. The van der Waals surface area contributed by atoms with Crippen molar-refractivity contribution in [3.63, 3.8) is 0 Å². The summed E-state index contributed by atoms with van der Waals surface area (Å²) < 4.78 is 45.8. The normalized spacial score (nSPS) is 16.8. The summed E-state index contributed by atoms with van der Waals surface area (Å²) in [5.74, 6) is -0.646. The summed E-state index contributed by atoms with van der Waals surface area (Å²) in [6, 6.07) is 10.4. The smallest absolute Gasteiger partial charge is 0.409 e. The lowest BCUT2D eigenvalue weighted by molar-refractivity contribution is -0.142. The van der Waals surface area contributed by atoms with E-state index in [9.17, 15) is 18.0 Å². The number of rotatable bonds is 5. The summed E-state index contributed by atoms with van der Waals surface area (Å²) in [4.78, 5) is 12.8. The molecule has 9 heteroatoms. The van der Waals surface area contributed by atoms with E-state index < -0.39 is 24.7 Å². The highest BCUT2D eigenvalue weighted by molar-refractivity contribution is 6.33. The van der Waals surface area contributed by atoms with Crippen LogP contribution in [0.25, 0.3) is 0 Å². The zero-order valence-corrected chi connectivity index (χ0v) is 21.4. The van der Waals surface area contributed by atoms with Crippen molar-refractivity contribution >= 4 is 28.9 Å². The number of halogens is 4. The number of alkyl halides is 3. The summed E-state index contributed by atoms with van der Waals surface area (Å²) in [5.41, 5.74) is 4.88. The zero-order chi connectivity index (χ0) is 26.2. The van der Waals surface area contributed by atoms with E-state index in [4.69, 9.17) is 16.3 Å². The van der Waals surface area contributed by atoms with Gasteiger partial charge in [-0.15, -0.1) is 0 Å². The second-order valence-corrected chi connectivity index (χ2v) is 10.9. The van der Waals surface area contributed by atoms with E-state index in [1.807, 2.05) is 39.0 Å². The van der Waals surface area contributed by atoms with Crippen LogP contribution in [0.5, 0.6) is 0 Å². The highest BCUT2D eigenvalue weighted by Crippen LogP contribution is 2.35. The maximum absolute atomic E-state index is 13.4. The number of carbonyl (C=O) groups is 1. The van der Waals surface area contributed by atoms with Crippen LogP contribution in [0.1, 0.15) is 52.7 Å². The van der Waals surface area contributed by atoms with Crippen molar-refractivity contribution in [3.8, 4) is 0 Å². The van der Waals surface area contributed by atoms with Gasteiger partial charge in [-0.25, -0.2) is 10.4 Å². The van der Waals surface area contributed by atoms with E-state index in [-0.39, 0.29) is 27.4 Å². The first-order chi connectivity index (χ1) is 16.1. The predicted molar refractivity (Wildman–Crippen MR) is 133 cm³/mol. The molecule has 0 bridgehead atoms. The predicted octanol–water partition coefficient (Wildman–Crippen LogP) is 6.69. The molecule has 0 radical (unpaired) electrons. The summed E-state index contributed by atoms with van der Waals surface area (Å²) in [7, 11) is 0. The molecule has 0 spiro atoms. The molecule has 3 rings (SSSR count). The SMILES string of the molecule is CC(C)(C)c1ccc(C(C)(C)C)c(NC(=O)COC2=CC(C(F)(F)F)NN2c2ccccc2Cl)c1. The molecule has 0 saturated heterocycles. The van der Waals surface area contributed by atoms with Crippen LogP contribution in [0.15, 0.2) is 54.4 Å². The van der Waals surface area contributed by atoms with E-state index in [0.29, 0.717) is 5.69 Å². The number of nitrogens with one attached hydrogen (secondary N) is 2. The second-order valence-electron chi connectivity index (χ2n) is 10.5. The summed E-state index contributed by atoms with van der Waals surface area (Å²) in [6.07, 6.45) is -3.67. The Labute approximate surface area is 209 Å². The first kappa shape index (κ1) is 26.9. The number of hydrogen-bond acceptors (Lipinski definition) is 4. The van der Waals surface area contributed by atoms with E-state index in [1.54, 1.807) is 24.3 Å². The second kappa shape index (κ2) is 9.74. The molecule has 2 N–H and O–H groups in total. The van der Waals surface area contributed by atoms with E-state index in [1.165, 1.54) is 0 Å². The van der Waals surface area contributed by atoms with Gasteiger partial charge in [-0.05, 0) is 40.2 Å². The zero-order valence-electron chi connectivity index (χ0n) is 20.7. The highest BCUT2D eigenvalue weighted by Gasteiger charge is 2.44. The molecule has 1 aliphatic rings. The Bertz CT molecular complexity index is 1120. The Morgan fingerprint density at radius 1 is 1.06 bits per heavy atom. The van der Waals surface area contributed by atoms with Crippen molar-refractivity contribution in [2.75, 3.05) is 16.9 Å². The molecule has 0 fully saturated rings. The minimum Gasteiger partial charge on any atom is -0.468 e. The number of ether oxygens (including phenoxy) is 1. The first-order valence-corrected chi connectivity index (χ1v) is 11.6. The van der Waals surface area contributed by atoms with Gasteiger partial charge in [0, 0.05) is 11.8 Å². The van der Waals surface area contributed by atoms with E-state index in [2.05, 4.69) is 31.5 Å². The molecular formula is C26H31ClF3N3O2. The van der Waals surface area contributed by atoms with Gasteiger partial charge in [0.15, 0.2) is 6.61 Å². The highest BCUT2D eigenvalue weighted by atomic mass is 35.5. The van der Waals surface area contributed by atoms with Crippen molar-refractivity contribution in [2.24, 2.45) is 0 Å². The van der Waals surface area contributed by atoms with Crippen molar-refractivity contribution < 1.29 is 22.7 Å². The number of nitrogens with zero attached hydrogens (tertiary/aromatic N) is 1. The largest absolute Gasteiger partial charge is 0.468 e. The van der Waals surface area contributed by atoms with Crippen LogP contribution < -0.4 is 15.8 Å². The molecule has 5 nitrogen and oxygen atoms in total. The molecule has 0 saturated carbocycles. The number of amides is 1. The third kappa shape index (κ3) is 6.49. The van der Waals surface area contributed by atoms with Crippen LogP contribution in [0.2, 0.25) is 5.02 Å².